The van der Waals surface area contributed by atoms with E-state index in [9.17, 15) is 4.79 Å². The number of rotatable bonds is 3. The van der Waals surface area contributed by atoms with Crippen molar-refractivity contribution in [2.24, 2.45) is 5.92 Å². The Balaban J connectivity index is 2.02. The van der Waals surface area contributed by atoms with Gasteiger partial charge in [0.25, 0.3) is 5.91 Å². The van der Waals surface area contributed by atoms with Crippen LogP contribution < -0.4 is 5.32 Å². The molecule has 1 aliphatic carbocycles. The van der Waals surface area contributed by atoms with Crippen molar-refractivity contribution in [3.63, 3.8) is 0 Å². The van der Waals surface area contributed by atoms with E-state index >= 15 is 0 Å². The van der Waals surface area contributed by atoms with Crippen molar-refractivity contribution in [2.75, 3.05) is 5.33 Å². The number of alkyl halides is 1. The first-order valence-electron chi connectivity index (χ1n) is 5.92. The maximum atomic E-state index is 12.1. The molecule has 3 nitrogen and oxygen atoms in total. The van der Waals surface area contributed by atoms with Crippen LogP contribution in [0.25, 0.3) is 0 Å². The third kappa shape index (κ3) is 3.07. The summed E-state index contributed by atoms with van der Waals surface area (Å²) in [6.07, 6.45) is 6.13. The van der Waals surface area contributed by atoms with Crippen molar-refractivity contribution < 1.29 is 4.79 Å². The maximum absolute atomic E-state index is 12.1. The molecule has 2 rings (SSSR count). The van der Waals surface area contributed by atoms with Gasteiger partial charge in [0.15, 0.2) is 0 Å². The molecule has 0 unspecified atom stereocenters. The lowest BCUT2D eigenvalue weighted by molar-refractivity contribution is 0.0878. The van der Waals surface area contributed by atoms with Gasteiger partial charge in [-0.05, 0) is 31.6 Å². The maximum Gasteiger partial charge on any atom is 0.263 e. The van der Waals surface area contributed by atoms with E-state index in [2.05, 4.69) is 33.2 Å². The number of thiazole rings is 1. The summed E-state index contributed by atoms with van der Waals surface area (Å²) in [5.74, 6) is 0.795. The molecule has 1 fully saturated rings. The van der Waals surface area contributed by atoms with Gasteiger partial charge in [-0.1, -0.05) is 22.9 Å². The molecule has 1 amide bonds. The van der Waals surface area contributed by atoms with Gasteiger partial charge in [-0.25, -0.2) is 0 Å². The van der Waals surface area contributed by atoms with Crippen LogP contribution in [0, 0.1) is 5.92 Å². The third-order valence-electron chi connectivity index (χ3n) is 3.52. The van der Waals surface area contributed by atoms with Crippen LogP contribution >= 0.6 is 27.3 Å². The molecule has 1 aliphatic rings. The number of nitrogens with one attached hydrogen (secondary N) is 1. The van der Waals surface area contributed by atoms with Crippen LogP contribution in [0.3, 0.4) is 0 Å². The Morgan fingerprint density at radius 2 is 2.35 bits per heavy atom. The summed E-state index contributed by atoms with van der Waals surface area (Å²) in [6.45, 7) is 2.28. The van der Waals surface area contributed by atoms with Crippen molar-refractivity contribution in [1.29, 1.82) is 0 Å². The highest BCUT2D eigenvalue weighted by Gasteiger charge is 2.34. The molecule has 1 aromatic heterocycles. The molecule has 0 bridgehead atoms. The largest absolute Gasteiger partial charge is 0.345 e. The van der Waals surface area contributed by atoms with Crippen LogP contribution in [0.5, 0.6) is 0 Å². The Kier molecular flexibility index (Phi) is 4.20. The monoisotopic (exact) mass is 316 g/mol. The van der Waals surface area contributed by atoms with Gasteiger partial charge in [0.05, 0.1) is 17.2 Å². The van der Waals surface area contributed by atoms with Crippen LogP contribution in [0.1, 0.15) is 42.3 Å². The minimum absolute atomic E-state index is 0.0153. The standard InChI is InChI=1S/C12H17BrN2OS/c1-9-2-4-12(7-13,5-3-9)15-11(16)10-6-14-8-17-10/h6,8-9H,2-5,7H2,1H3,(H,15,16). The lowest BCUT2D eigenvalue weighted by Gasteiger charge is -2.38. The van der Waals surface area contributed by atoms with E-state index in [1.807, 2.05) is 0 Å². The zero-order valence-corrected chi connectivity index (χ0v) is 12.3. The van der Waals surface area contributed by atoms with Gasteiger partial charge in [-0.3, -0.25) is 9.78 Å². The first kappa shape index (κ1) is 13.0. The number of carbonyl (C=O) groups is 1. The number of carbonyl (C=O) groups excluding carboxylic acids is 1. The molecule has 1 aromatic rings. The van der Waals surface area contributed by atoms with Gasteiger partial charge < -0.3 is 5.32 Å². The second kappa shape index (κ2) is 5.48. The molecule has 1 heterocycles. The smallest absolute Gasteiger partial charge is 0.263 e. The summed E-state index contributed by atoms with van der Waals surface area (Å²) < 4.78 is 0. The minimum atomic E-state index is -0.0619. The highest BCUT2D eigenvalue weighted by molar-refractivity contribution is 9.09. The quantitative estimate of drug-likeness (QED) is 0.870. The Morgan fingerprint density at radius 3 is 2.88 bits per heavy atom. The zero-order valence-electron chi connectivity index (χ0n) is 9.91. The SMILES string of the molecule is CC1CCC(CBr)(NC(=O)c2cncs2)CC1. The number of halogens is 1. The topological polar surface area (TPSA) is 42.0 Å². The fourth-order valence-electron chi connectivity index (χ4n) is 2.24. The van der Waals surface area contributed by atoms with E-state index in [-0.39, 0.29) is 11.4 Å². The molecule has 0 spiro atoms. The lowest BCUT2D eigenvalue weighted by Crippen LogP contribution is -2.51. The van der Waals surface area contributed by atoms with Crippen LogP contribution in [0.15, 0.2) is 11.7 Å². The van der Waals surface area contributed by atoms with E-state index < -0.39 is 0 Å². The molecule has 0 aromatic carbocycles. The lowest BCUT2D eigenvalue weighted by atomic mass is 9.78. The van der Waals surface area contributed by atoms with Crippen LogP contribution in [0.4, 0.5) is 0 Å². The molecule has 0 aliphatic heterocycles. The number of hydrogen-bond acceptors (Lipinski definition) is 3. The fraction of sp³-hybridized carbons (Fsp3) is 0.667. The molecule has 5 heteroatoms. The van der Waals surface area contributed by atoms with Gasteiger partial charge in [0.2, 0.25) is 0 Å². The Bertz CT molecular complexity index is 372. The van der Waals surface area contributed by atoms with E-state index in [1.165, 1.54) is 24.2 Å². The molecular weight excluding hydrogens is 300 g/mol. The Labute approximate surface area is 114 Å². The predicted molar refractivity (Wildman–Crippen MR) is 73.7 cm³/mol. The second-order valence-corrected chi connectivity index (χ2v) is 6.36. The Morgan fingerprint density at radius 1 is 1.65 bits per heavy atom. The van der Waals surface area contributed by atoms with Crippen molar-refractivity contribution in [3.05, 3.63) is 16.6 Å². The number of aromatic nitrogens is 1. The first-order chi connectivity index (χ1) is 8.15. The van der Waals surface area contributed by atoms with Gasteiger partial charge >= 0.3 is 0 Å². The summed E-state index contributed by atoms with van der Waals surface area (Å²) in [7, 11) is 0. The van der Waals surface area contributed by atoms with Crippen LogP contribution in [0.2, 0.25) is 0 Å². The van der Waals surface area contributed by atoms with Gasteiger partial charge in [0, 0.05) is 5.33 Å². The molecule has 1 N–H and O–H groups in total. The van der Waals surface area contributed by atoms with E-state index in [4.69, 9.17) is 0 Å². The predicted octanol–water partition coefficient (Wildman–Crippen LogP) is 3.22. The van der Waals surface area contributed by atoms with Crippen molar-refractivity contribution in [1.82, 2.24) is 10.3 Å². The summed E-state index contributed by atoms with van der Waals surface area (Å²) in [4.78, 5) is 16.7. The summed E-state index contributed by atoms with van der Waals surface area (Å²) in [5, 5.41) is 4.02. The Hall–Kier alpha value is -0.420. The van der Waals surface area contributed by atoms with Gasteiger partial charge in [-0.2, -0.15) is 0 Å². The van der Waals surface area contributed by atoms with E-state index in [0.29, 0.717) is 4.88 Å². The summed E-state index contributed by atoms with van der Waals surface area (Å²) in [6, 6.07) is 0. The van der Waals surface area contributed by atoms with Crippen LogP contribution in [-0.2, 0) is 0 Å². The van der Waals surface area contributed by atoms with Gasteiger partial charge in [0.1, 0.15) is 4.88 Å². The van der Waals surface area contributed by atoms with Crippen molar-refractivity contribution in [2.45, 2.75) is 38.1 Å². The van der Waals surface area contributed by atoms with Crippen molar-refractivity contribution >= 4 is 33.2 Å². The van der Waals surface area contributed by atoms with Crippen LogP contribution in [-0.4, -0.2) is 21.8 Å². The highest BCUT2D eigenvalue weighted by atomic mass is 79.9. The minimum Gasteiger partial charge on any atom is -0.345 e. The number of hydrogen-bond donors (Lipinski definition) is 1. The molecule has 94 valence electrons. The molecule has 1 saturated carbocycles. The normalized spacial score (nSPS) is 28.9. The molecule has 17 heavy (non-hydrogen) atoms. The summed E-state index contributed by atoms with van der Waals surface area (Å²) in [5.41, 5.74) is 1.63. The molecule has 0 radical (unpaired) electrons. The highest BCUT2D eigenvalue weighted by Crippen LogP contribution is 2.33. The first-order valence-corrected chi connectivity index (χ1v) is 7.92. The van der Waals surface area contributed by atoms with Crippen molar-refractivity contribution in [3.8, 4) is 0 Å². The number of nitrogens with zero attached hydrogens (tertiary/aromatic N) is 1. The number of amides is 1. The van der Waals surface area contributed by atoms with E-state index in [1.54, 1.807) is 11.7 Å². The fourth-order valence-corrected chi connectivity index (χ4v) is 3.45. The average Bonchev–Trinajstić information content (AvgIpc) is 2.86. The average molecular weight is 317 g/mol. The molecular formula is C12H17BrN2OS. The molecule has 0 saturated heterocycles. The third-order valence-corrected chi connectivity index (χ3v) is 5.37. The molecule has 0 atom stereocenters. The van der Waals surface area contributed by atoms with Gasteiger partial charge in [-0.15, -0.1) is 11.3 Å². The summed E-state index contributed by atoms with van der Waals surface area (Å²) >= 11 is 4.94. The van der Waals surface area contributed by atoms with E-state index in [0.717, 1.165) is 24.1 Å². The second-order valence-electron chi connectivity index (χ2n) is 4.92. The zero-order chi connectivity index (χ0) is 12.3.